The van der Waals surface area contributed by atoms with Gasteiger partial charge in [0.25, 0.3) is 0 Å². The zero-order valence-electron chi connectivity index (χ0n) is 15.5. The minimum atomic E-state index is -3.55. The molecule has 1 aromatic heterocycles. The van der Waals surface area contributed by atoms with Crippen LogP contribution in [0.15, 0.2) is 62.6 Å². The topological polar surface area (TPSA) is 108 Å². The number of hydrogen-bond donors (Lipinski definition) is 1. The fraction of sp³-hybridized carbons (Fsp3) is 0.300. The number of benzene rings is 2. The van der Waals surface area contributed by atoms with Gasteiger partial charge in [0, 0.05) is 12.6 Å². The molecule has 0 saturated heterocycles. The van der Waals surface area contributed by atoms with Crippen molar-refractivity contribution in [1.29, 1.82) is 0 Å². The predicted octanol–water partition coefficient (Wildman–Crippen LogP) is 2.28. The Morgan fingerprint density at radius 1 is 1.14 bits per heavy atom. The minimum absolute atomic E-state index is 0.0181. The molecule has 8 nitrogen and oxygen atoms in total. The molecule has 4 rings (SSSR count). The molecular formula is C20H20N2O6S. The molecule has 1 aliphatic carbocycles. The van der Waals surface area contributed by atoms with Gasteiger partial charge in [-0.2, -0.15) is 0 Å². The number of carbonyl (C=O) groups excluding carboxylic acids is 1. The number of sulfonamides is 1. The van der Waals surface area contributed by atoms with Crippen LogP contribution in [0.3, 0.4) is 0 Å². The van der Waals surface area contributed by atoms with Crippen molar-refractivity contribution < 1.29 is 22.4 Å². The number of aromatic nitrogens is 1. The molecule has 9 heteroatoms. The summed E-state index contributed by atoms with van der Waals surface area (Å²) < 4.78 is 38.8. The minimum Gasteiger partial charge on any atom is -0.462 e. The van der Waals surface area contributed by atoms with Crippen molar-refractivity contribution >= 4 is 27.1 Å². The van der Waals surface area contributed by atoms with Crippen molar-refractivity contribution in [2.75, 3.05) is 6.61 Å². The number of fused-ring (bicyclic) bond motifs is 1. The number of ether oxygens (including phenoxy) is 1. The number of oxazole rings is 1. The molecule has 1 N–H and O–H groups in total. The lowest BCUT2D eigenvalue weighted by atomic mass is 10.2. The average Bonchev–Trinajstić information content (AvgIpc) is 3.45. The first-order valence-corrected chi connectivity index (χ1v) is 10.8. The Kier molecular flexibility index (Phi) is 5.25. The summed E-state index contributed by atoms with van der Waals surface area (Å²) in [6.07, 6.45) is 2.14. The maximum absolute atomic E-state index is 12.2. The van der Waals surface area contributed by atoms with Gasteiger partial charge in [-0.25, -0.2) is 22.7 Å². The van der Waals surface area contributed by atoms with Gasteiger partial charge >= 0.3 is 11.7 Å². The standard InChI is InChI=1S/C20H20N2O6S/c23-19(14-6-10-16(11-7-14)29(25,26)21-15-8-9-15)27-13-3-12-22-17-4-1-2-5-18(17)28-20(22)24/h1-2,4-7,10-11,15,21H,3,8-9,12-13H2. The second-order valence-electron chi connectivity index (χ2n) is 6.90. The molecule has 29 heavy (non-hydrogen) atoms. The summed E-state index contributed by atoms with van der Waals surface area (Å²) in [6, 6.07) is 12.8. The van der Waals surface area contributed by atoms with Crippen molar-refractivity contribution in [3.8, 4) is 0 Å². The summed E-state index contributed by atoms with van der Waals surface area (Å²) in [7, 11) is -3.55. The van der Waals surface area contributed by atoms with Crippen LogP contribution in [0.2, 0.25) is 0 Å². The van der Waals surface area contributed by atoms with Crippen LogP contribution in [0, 0.1) is 0 Å². The van der Waals surface area contributed by atoms with Crippen LogP contribution < -0.4 is 10.5 Å². The summed E-state index contributed by atoms with van der Waals surface area (Å²) in [4.78, 5) is 24.2. The van der Waals surface area contributed by atoms with Crippen molar-refractivity contribution in [2.45, 2.75) is 36.7 Å². The SMILES string of the molecule is O=C(OCCCn1c(=O)oc2ccccc21)c1ccc(S(=O)(=O)NC2CC2)cc1. The van der Waals surface area contributed by atoms with Crippen molar-refractivity contribution in [1.82, 2.24) is 9.29 Å². The molecule has 1 fully saturated rings. The Bertz CT molecular complexity index is 1190. The van der Waals surface area contributed by atoms with E-state index in [0.717, 1.165) is 12.8 Å². The van der Waals surface area contributed by atoms with E-state index in [4.69, 9.17) is 9.15 Å². The van der Waals surface area contributed by atoms with E-state index in [9.17, 15) is 18.0 Å². The van der Waals surface area contributed by atoms with Crippen molar-refractivity contribution in [3.05, 3.63) is 64.6 Å². The third-order valence-corrected chi connectivity index (χ3v) is 6.17. The maximum Gasteiger partial charge on any atom is 0.419 e. The number of para-hydroxylation sites is 2. The number of rotatable bonds is 8. The second-order valence-corrected chi connectivity index (χ2v) is 8.61. The molecule has 1 aliphatic rings. The normalized spacial score (nSPS) is 14.2. The smallest absolute Gasteiger partial charge is 0.419 e. The van der Waals surface area contributed by atoms with Crippen molar-refractivity contribution in [3.63, 3.8) is 0 Å². The van der Waals surface area contributed by atoms with Crippen LogP contribution in [0.5, 0.6) is 0 Å². The van der Waals surface area contributed by atoms with E-state index in [-0.39, 0.29) is 23.1 Å². The lowest BCUT2D eigenvalue weighted by Crippen LogP contribution is -2.25. The molecule has 1 heterocycles. The summed E-state index contributed by atoms with van der Waals surface area (Å²) in [5.74, 6) is -0.998. The predicted molar refractivity (Wildman–Crippen MR) is 105 cm³/mol. The van der Waals surface area contributed by atoms with E-state index in [2.05, 4.69) is 4.72 Å². The van der Waals surface area contributed by atoms with Crippen molar-refractivity contribution in [2.24, 2.45) is 0 Å². The van der Waals surface area contributed by atoms with Crippen LogP contribution in [-0.2, 0) is 21.3 Å². The molecule has 0 unspecified atom stereocenters. The van der Waals surface area contributed by atoms with Crippen LogP contribution in [0.1, 0.15) is 29.6 Å². The van der Waals surface area contributed by atoms with E-state index in [1.165, 1.54) is 28.8 Å². The number of aryl methyl sites for hydroxylation is 1. The summed E-state index contributed by atoms with van der Waals surface area (Å²) in [5, 5.41) is 0. The average molecular weight is 416 g/mol. The van der Waals surface area contributed by atoms with Crippen LogP contribution in [0.25, 0.3) is 11.1 Å². The highest BCUT2D eigenvalue weighted by molar-refractivity contribution is 7.89. The molecule has 0 spiro atoms. The summed E-state index contributed by atoms with van der Waals surface area (Å²) >= 11 is 0. The first-order chi connectivity index (χ1) is 13.9. The van der Waals surface area contributed by atoms with Gasteiger partial charge in [-0.15, -0.1) is 0 Å². The Balaban J connectivity index is 1.31. The van der Waals surface area contributed by atoms with Gasteiger partial charge in [0.1, 0.15) is 0 Å². The third kappa shape index (κ3) is 4.41. The number of nitrogens with one attached hydrogen (secondary N) is 1. The summed E-state index contributed by atoms with van der Waals surface area (Å²) in [5.41, 5.74) is 1.47. The lowest BCUT2D eigenvalue weighted by Gasteiger charge is -2.08. The fourth-order valence-electron chi connectivity index (χ4n) is 2.96. The van der Waals surface area contributed by atoms with Gasteiger partial charge in [0.2, 0.25) is 10.0 Å². The Hall–Kier alpha value is -2.91. The van der Waals surface area contributed by atoms with Gasteiger partial charge in [-0.3, -0.25) is 4.57 Å². The number of nitrogens with zero attached hydrogens (tertiary/aromatic N) is 1. The zero-order valence-corrected chi connectivity index (χ0v) is 16.4. The zero-order chi connectivity index (χ0) is 20.4. The van der Waals surface area contributed by atoms with E-state index in [1.807, 2.05) is 6.07 Å². The third-order valence-electron chi connectivity index (χ3n) is 4.63. The maximum atomic E-state index is 12.2. The first-order valence-electron chi connectivity index (χ1n) is 9.32. The molecule has 0 amide bonds. The highest BCUT2D eigenvalue weighted by Gasteiger charge is 2.28. The van der Waals surface area contributed by atoms with Gasteiger partial charge < -0.3 is 9.15 Å². The molecule has 0 atom stereocenters. The molecule has 3 aromatic rings. The van der Waals surface area contributed by atoms with E-state index >= 15 is 0 Å². The Labute approximate surface area is 167 Å². The van der Waals surface area contributed by atoms with Crippen LogP contribution in [0.4, 0.5) is 0 Å². The Morgan fingerprint density at radius 3 is 2.59 bits per heavy atom. The molecular weight excluding hydrogens is 396 g/mol. The van der Waals surface area contributed by atoms with Gasteiger partial charge in [0.05, 0.1) is 22.6 Å². The highest BCUT2D eigenvalue weighted by Crippen LogP contribution is 2.22. The lowest BCUT2D eigenvalue weighted by molar-refractivity contribution is 0.0495. The monoisotopic (exact) mass is 416 g/mol. The molecule has 0 aliphatic heterocycles. The number of esters is 1. The van der Waals surface area contributed by atoms with E-state index < -0.39 is 21.7 Å². The number of carbonyl (C=O) groups is 1. The highest BCUT2D eigenvalue weighted by atomic mass is 32.2. The second kappa shape index (κ2) is 7.84. The summed E-state index contributed by atoms with van der Waals surface area (Å²) in [6.45, 7) is 0.473. The fourth-order valence-corrected chi connectivity index (χ4v) is 4.26. The molecule has 0 bridgehead atoms. The van der Waals surface area contributed by atoms with E-state index in [1.54, 1.807) is 18.2 Å². The van der Waals surface area contributed by atoms with Gasteiger partial charge in [0.15, 0.2) is 5.58 Å². The van der Waals surface area contributed by atoms with Gasteiger partial charge in [-0.1, -0.05) is 12.1 Å². The first kappa shape index (κ1) is 19.4. The van der Waals surface area contributed by atoms with Crippen LogP contribution >= 0.6 is 0 Å². The molecule has 152 valence electrons. The van der Waals surface area contributed by atoms with Gasteiger partial charge in [-0.05, 0) is 55.7 Å². The quantitative estimate of drug-likeness (QED) is 0.446. The van der Waals surface area contributed by atoms with Crippen LogP contribution in [-0.4, -0.2) is 31.6 Å². The number of hydrogen-bond acceptors (Lipinski definition) is 6. The molecule has 2 aromatic carbocycles. The molecule has 1 saturated carbocycles. The van der Waals surface area contributed by atoms with E-state index in [0.29, 0.717) is 24.1 Å². The molecule has 0 radical (unpaired) electrons. The largest absolute Gasteiger partial charge is 0.462 e. The Morgan fingerprint density at radius 2 is 1.86 bits per heavy atom.